The Balaban J connectivity index is 1.78. The molecule has 118 valence electrons. The van der Waals surface area contributed by atoms with Gasteiger partial charge in [-0.15, -0.1) is 0 Å². The van der Waals surface area contributed by atoms with Crippen LogP contribution in [0.1, 0.15) is 39.2 Å². The largest absolute Gasteiger partial charge is 0.492 e. The number of ether oxygens (including phenoxy) is 1. The molecule has 0 radical (unpaired) electrons. The third kappa shape index (κ3) is 6.06. The fraction of sp³-hybridized carbons (Fsp3) is 0.667. The van der Waals surface area contributed by atoms with Crippen molar-refractivity contribution in [2.75, 3.05) is 26.2 Å². The van der Waals surface area contributed by atoms with Gasteiger partial charge in [0.1, 0.15) is 12.4 Å². The molecule has 0 spiro atoms. The van der Waals surface area contributed by atoms with Crippen LogP contribution < -0.4 is 10.1 Å². The number of benzene rings is 1. The van der Waals surface area contributed by atoms with Crippen molar-refractivity contribution < 1.29 is 4.74 Å². The Labute approximate surface area is 129 Å². The van der Waals surface area contributed by atoms with Crippen molar-refractivity contribution in [2.45, 2.75) is 46.2 Å². The Morgan fingerprint density at radius 3 is 2.71 bits per heavy atom. The minimum absolute atomic E-state index is 0.708. The Kier molecular flexibility index (Phi) is 6.52. The van der Waals surface area contributed by atoms with Crippen molar-refractivity contribution in [3.8, 4) is 5.75 Å². The Morgan fingerprint density at radius 1 is 1.29 bits per heavy atom. The molecule has 1 aliphatic carbocycles. The summed E-state index contributed by atoms with van der Waals surface area (Å²) in [6.07, 6.45) is 2.65. The molecule has 0 aromatic heterocycles. The summed E-state index contributed by atoms with van der Waals surface area (Å²) in [6.45, 7) is 11.7. The van der Waals surface area contributed by atoms with Crippen LogP contribution in [-0.4, -0.2) is 37.2 Å². The van der Waals surface area contributed by atoms with Crippen LogP contribution in [0.2, 0.25) is 0 Å². The van der Waals surface area contributed by atoms with E-state index in [9.17, 15) is 0 Å². The van der Waals surface area contributed by atoms with Gasteiger partial charge in [0.05, 0.1) is 0 Å². The monoisotopic (exact) mass is 290 g/mol. The zero-order chi connectivity index (χ0) is 15.1. The summed E-state index contributed by atoms with van der Waals surface area (Å²) in [4.78, 5) is 2.45. The van der Waals surface area contributed by atoms with Crippen molar-refractivity contribution in [1.29, 1.82) is 0 Å². The highest BCUT2D eigenvalue weighted by atomic mass is 16.5. The number of para-hydroxylation sites is 1. The van der Waals surface area contributed by atoms with Crippen molar-refractivity contribution in [3.63, 3.8) is 0 Å². The van der Waals surface area contributed by atoms with E-state index in [0.29, 0.717) is 5.92 Å². The number of hydrogen-bond donors (Lipinski definition) is 1. The van der Waals surface area contributed by atoms with E-state index in [2.05, 4.69) is 55.3 Å². The standard InChI is InChI=1S/C18H30N2O/c1-4-20(14-15(2)3)11-12-21-18-8-6-5-7-16(18)13-19-17-9-10-17/h5-8,15,17,19H,4,9-14H2,1-3H3. The SMILES string of the molecule is CCN(CCOc1ccccc1CNC1CC1)CC(C)C. The highest BCUT2D eigenvalue weighted by Gasteiger charge is 2.20. The summed E-state index contributed by atoms with van der Waals surface area (Å²) in [5.41, 5.74) is 1.27. The second-order valence-electron chi connectivity index (χ2n) is 6.40. The predicted molar refractivity (Wildman–Crippen MR) is 88.8 cm³/mol. The second kappa shape index (κ2) is 8.40. The van der Waals surface area contributed by atoms with Crippen molar-refractivity contribution >= 4 is 0 Å². The smallest absolute Gasteiger partial charge is 0.123 e. The maximum Gasteiger partial charge on any atom is 0.123 e. The minimum Gasteiger partial charge on any atom is -0.492 e. The molecule has 0 aliphatic heterocycles. The lowest BCUT2D eigenvalue weighted by atomic mass is 10.2. The lowest BCUT2D eigenvalue weighted by Crippen LogP contribution is -2.31. The molecule has 1 fully saturated rings. The van der Waals surface area contributed by atoms with Gasteiger partial charge in [-0.2, -0.15) is 0 Å². The Morgan fingerprint density at radius 2 is 2.05 bits per heavy atom. The van der Waals surface area contributed by atoms with Gasteiger partial charge >= 0.3 is 0 Å². The van der Waals surface area contributed by atoms with Crippen LogP contribution in [0.25, 0.3) is 0 Å². The molecule has 1 aliphatic rings. The van der Waals surface area contributed by atoms with Crippen LogP contribution in [0.5, 0.6) is 5.75 Å². The summed E-state index contributed by atoms with van der Waals surface area (Å²) in [6, 6.07) is 9.13. The molecule has 1 saturated carbocycles. The van der Waals surface area contributed by atoms with Gasteiger partial charge < -0.3 is 10.1 Å². The van der Waals surface area contributed by atoms with Gasteiger partial charge in [-0.1, -0.05) is 39.0 Å². The van der Waals surface area contributed by atoms with E-state index in [0.717, 1.165) is 44.6 Å². The lowest BCUT2D eigenvalue weighted by molar-refractivity contribution is 0.199. The van der Waals surface area contributed by atoms with E-state index in [-0.39, 0.29) is 0 Å². The van der Waals surface area contributed by atoms with E-state index in [1.165, 1.54) is 18.4 Å². The molecular formula is C18H30N2O. The summed E-state index contributed by atoms with van der Waals surface area (Å²) >= 11 is 0. The molecule has 0 unspecified atom stereocenters. The molecule has 1 aromatic carbocycles. The molecular weight excluding hydrogens is 260 g/mol. The van der Waals surface area contributed by atoms with Crippen LogP contribution in [0.3, 0.4) is 0 Å². The number of nitrogens with zero attached hydrogens (tertiary/aromatic N) is 1. The quantitative estimate of drug-likeness (QED) is 0.715. The van der Waals surface area contributed by atoms with E-state index >= 15 is 0 Å². The summed E-state index contributed by atoms with van der Waals surface area (Å²) in [7, 11) is 0. The molecule has 21 heavy (non-hydrogen) atoms. The van der Waals surface area contributed by atoms with Gasteiger partial charge in [0.2, 0.25) is 0 Å². The topological polar surface area (TPSA) is 24.5 Å². The average molecular weight is 290 g/mol. The Bertz CT molecular complexity index is 415. The number of hydrogen-bond acceptors (Lipinski definition) is 3. The maximum atomic E-state index is 6.02. The normalized spacial score (nSPS) is 14.9. The van der Waals surface area contributed by atoms with Gasteiger partial charge in [-0.05, 0) is 31.4 Å². The Hall–Kier alpha value is -1.06. The first kappa shape index (κ1) is 16.3. The third-order valence-corrected chi connectivity index (χ3v) is 3.87. The van der Waals surface area contributed by atoms with Gasteiger partial charge in [-0.3, -0.25) is 4.90 Å². The van der Waals surface area contributed by atoms with Crippen molar-refractivity contribution in [1.82, 2.24) is 10.2 Å². The molecule has 2 rings (SSSR count). The van der Waals surface area contributed by atoms with E-state index < -0.39 is 0 Å². The number of rotatable bonds is 10. The zero-order valence-electron chi connectivity index (χ0n) is 13.8. The first-order valence-corrected chi connectivity index (χ1v) is 8.35. The van der Waals surface area contributed by atoms with Crippen LogP contribution in [0, 0.1) is 5.92 Å². The third-order valence-electron chi connectivity index (χ3n) is 3.87. The first-order chi connectivity index (χ1) is 10.2. The van der Waals surface area contributed by atoms with Crippen LogP contribution in [0.4, 0.5) is 0 Å². The fourth-order valence-corrected chi connectivity index (χ4v) is 2.51. The van der Waals surface area contributed by atoms with Crippen molar-refractivity contribution in [2.24, 2.45) is 5.92 Å². The molecule has 3 heteroatoms. The second-order valence-corrected chi connectivity index (χ2v) is 6.40. The van der Waals surface area contributed by atoms with E-state index in [1.54, 1.807) is 0 Å². The molecule has 1 N–H and O–H groups in total. The van der Waals surface area contributed by atoms with E-state index in [4.69, 9.17) is 4.74 Å². The first-order valence-electron chi connectivity index (χ1n) is 8.35. The minimum atomic E-state index is 0.708. The maximum absolute atomic E-state index is 6.02. The van der Waals surface area contributed by atoms with Gasteiger partial charge in [0, 0.05) is 31.2 Å². The number of likely N-dealkylation sites (N-methyl/N-ethyl adjacent to an activating group) is 1. The average Bonchev–Trinajstić information content (AvgIpc) is 3.29. The molecule has 1 aromatic rings. The van der Waals surface area contributed by atoms with Crippen LogP contribution >= 0.6 is 0 Å². The summed E-state index contributed by atoms with van der Waals surface area (Å²) < 4.78 is 6.02. The van der Waals surface area contributed by atoms with Gasteiger partial charge in [-0.25, -0.2) is 0 Å². The van der Waals surface area contributed by atoms with E-state index in [1.807, 2.05) is 0 Å². The highest BCUT2D eigenvalue weighted by Crippen LogP contribution is 2.22. The molecule has 0 amide bonds. The lowest BCUT2D eigenvalue weighted by Gasteiger charge is -2.22. The summed E-state index contributed by atoms with van der Waals surface area (Å²) in [5, 5.41) is 3.56. The van der Waals surface area contributed by atoms with Gasteiger partial charge in [0.25, 0.3) is 0 Å². The zero-order valence-corrected chi connectivity index (χ0v) is 13.8. The molecule has 0 saturated heterocycles. The molecule has 3 nitrogen and oxygen atoms in total. The predicted octanol–water partition coefficient (Wildman–Crippen LogP) is 3.30. The molecule has 0 atom stereocenters. The molecule has 0 heterocycles. The van der Waals surface area contributed by atoms with Crippen LogP contribution in [-0.2, 0) is 6.54 Å². The summed E-state index contributed by atoms with van der Waals surface area (Å²) in [5.74, 6) is 1.74. The molecule has 0 bridgehead atoms. The van der Waals surface area contributed by atoms with Crippen molar-refractivity contribution in [3.05, 3.63) is 29.8 Å². The fourth-order valence-electron chi connectivity index (χ4n) is 2.51. The highest BCUT2D eigenvalue weighted by molar-refractivity contribution is 5.33. The number of nitrogens with one attached hydrogen (secondary N) is 1. The van der Waals surface area contributed by atoms with Gasteiger partial charge in [0.15, 0.2) is 0 Å². The van der Waals surface area contributed by atoms with Crippen LogP contribution in [0.15, 0.2) is 24.3 Å².